The zero-order valence-electron chi connectivity index (χ0n) is 14.9. The molecule has 4 rings (SSSR count). The van der Waals surface area contributed by atoms with Crippen molar-refractivity contribution < 1.29 is 14.0 Å². The number of nitrogens with two attached hydrogens (primary N) is 1. The molecular formula is C20H23N3O3. The maximum absolute atomic E-state index is 12.3. The average Bonchev–Trinajstić information content (AvgIpc) is 3.31. The SMILES string of the molecule is CCc1ccc([C@H]2CC(=O)Nc3cc(N4CCCC4)c(C(N)=O)cc32)o1. The molecule has 2 amide bonds. The van der Waals surface area contributed by atoms with E-state index in [1.807, 2.05) is 31.2 Å². The second-order valence-electron chi connectivity index (χ2n) is 6.98. The van der Waals surface area contributed by atoms with Crippen LogP contribution < -0.4 is 16.0 Å². The molecule has 2 aromatic rings. The lowest BCUT2D eigenvalue weighted by Crippen LogP contribution is -2.27. The third kappa shape index (κ3) is 2.85. The van der Waals surface area contributed by atoms with E-state index in [9.17, 15) is 9.59 Å². The van der Waals surface area contributed by atoms with Crippen LogP contribution in [0, 0.1) is 0 Å². The summed E-state index contributed by atoms with van der Waals surface area (Å²) >= 11 is 0. The summed E-state index contributed by atoms with van der Waals surface area (Å²) in [7, 11) is 0. The number of hydrogen-bond acceptors (Lipinski definition) is 4. The summed E-state index contributed by atoms with van der Waals surface area (Å²) in [5.41, 5.74) is 8.62. The van der Waals surface area contributed by atoms with Gasteiger partial charge in [-0.3, -0.25) is 9.59 Å². The fourth-order valence-electron chi connectivity index (χ4n) is 3.94. The molecule has 6 nitrogen and oxygen atoms in total. The number of rotatable bonds is 4. The standard InChI is InChI=1S/C20H23N3O3/c1-2-12-5-6-18(26-12)14-10-19(24)22-16-11-17(23-7-3-4-8-23)15(20(21)25)9-13(14)16/h5-6,9,11,14H,2-4,7-8,10H2,1H3,(H2,21,25)(H,22,24)/t14-/m0/s1. The van der Waals surface area contributed by atoms with Gasteiger partial charge < -0.3 is 20.4 Å². The Balaban J connectivity index is 1.82. The number of benzene rings is 1. The van der Waals surface area contributed by atoms with Gasteiger partial charge in [-0.2, -0.15) is 0 Å². The highest BCUT2D eigenvalue weighted by atomic mass is 16.3. The van der Waals surface area contributed by atoms with Gasteiger partial charge in [-0.25, -0.2) is 0 Å². The van der Waals surface area contributed by atoms with Gasteiger partial charge in [0.15, 0.2) is 0 Å². The van der Waals surface area contributed by atoms with Crippen molar-refractivity contribution in [3.8, 4) is 0 Å². The van der Waals surface area contributed by atoms with E-state index in [0.717, 1.165) is 60.8 Å². The molecule has 0 radical (unpaired) electrons. The first-order chi connectivity index (χ1) is 12.6. The number of nitrogens with zero attached hydrogens (tertiary/aromatic N) is 1. The normalized spacial score (nSPS) is 19.3. The van der Waals surface area contributed by atoms with E-state index in [-0.39, 0.29) is 11.8 Å². The molecule has 0 saturated carbocycles. The maximum atomic E-state index is 12.3. The van der Waals surface area contributed by atoms with E-state index < -0.39 is 5.91 Å². The molecule has 1 aromatic carbocycles. The van der Waals surface area contributed by atoms with Crippen molar-refractivity contribution in [2.75, 3.05) is 23.3 Å². The summed E-state index contributed by atoms with van der Waals surface area (Å²) in [6.45, 7) is 3.82. The third-order valence-corrected chi connectivity index (χ3v) is 5.29. The topological polar surface area (TPSA) is 88.6 Å². The molecule has 1 fully saturated rings. The fraction of sp³-hybridized carbons (Fsp3) is 0.400. The van der Waals surface area contributed by atoms with Crippen LogP contribution in [0.1, 0.15) is 59.5 Å². The van der Waals surface area contributed by atoms with E-state index in [4.69, 9.17) is 10.2 Å². The van der Waals surface area contributed by atoms with Gasteiger partial charge in [-0.05, 0) is 42.7 Å². The summed E-state index contributed by atoms with van der Waals surface area (Å²) in [4.78, 5) is 26.6. The number of aryl methyl sites for hydroxylation is 1. The Hall–Kier alpha value is -2.76. The monoisotopic (exact) mass is 353 g/mol. The number of nitrogens with one attached hydrogen (secondary N) is 1. The van der Waals surface area contributed by atoms with Gasteiger partial charge in [0.2, 0.25) is 5.91 Å². The van der Waals surface area contributed by atoms with Gasteiger partial charge >= 0.3 is 0 Å². The lowest BCUT2D eigenvalue weighted by molar-refractivity contribution is -0.116. The Kier molecular flexibility index (Phi) is 4.18. The van der Waals surface area contributed by atoms with Crippen LogP contribution in [0.5, 0.6) is 0 Å². The van der Waals surface area contributed by atoms with Gasteiger partial charge in [0, 0.05) is 31.6 Å². The van der Waals surface area contributed by atoms with Gasteiger partial charge in [-0.1, -0.05) is 6.92 Å². The maximum Gasteiger partial charge on any atom is 0.250 e. The van der Waals surface area contributed by atoms with E-state index in [1.54, 1.807) is 0 Å². The number of hydrogen-bond donors (Lipinski definition) is 2. The van der Waals surface area contributed by atoms with Crippen molar-refractivity contribution in [2.45, 2.75) is 38.5 Å². The minimum absolute atomic E-state index is 0.0452. The first kappa shape index (κ1) is 16.7. The lowest BCUT2D eigenvalue weighted by atomic mass is 9.86. The van der Waals surface area contributed by atoms with Crippen molar-refractivity contribution in [1.29, 1.82) is 0 Å². The Labute approximate surface area is 152 Å². The number of furan rings is 1. The van der Waals surface area contributed by atoms with Crippen molar-refractivity contribution in [3.63, 3.8) is 0 Å². The predicted octanol–water partition coefficient (Wildman–Crippen LogP) is 3.02. The zero-order valence-corrected chi connectivity index (χ0v) is 14.9. The smallest absolute Gasteiger partial charge is 0.250 e. The van der Waals surface area contributed by atoms with E-state index >= 15 is 0 Å². The van der Waals surface area contributed by atoms with Crippen LogP contribution in [0.4, 0.5) is 11.4 Å². The number of amides is 2. The van der Waals surface area contributed by atoms with Crippen molar-refractivity contribution in [3.05, 3.63) is 46.9 Å². The van der Waals surface area contributed by atoms with E-state index in [0.29, 0.717) is 12.0 Å². The molecule has 1 aromatic heterocycles. The first-order valence-corrected chi connectivity index (χ1v) is 9.18. The molecule has 0 unspecified atom stereocenters. The molecule has 3 N–H and O–H groups in total. The van der Waals surface area contributed by atoms with Crippen LogP contribution in [0.15, 0.2) is 28.7 Å². The highest BCUT2D eigenvalue weighted by Gasteiger charge is 2.31. The molecule has 0 spiro atoms. The van der Waals surface area contributed by atoms with Crippen LogP contribution in [-0.2, 0) is 11.2 Å². The fourth-order valence-corrected chi connectivity index (χ4v) is 3.94. The molecule has 0 aliphatic carbocycles. The van der Waals surface area contributed by atoms with Gasteiger partial charge in [0.05, 0.1) is 17.2 Å². The van der Waals surface area contributed by atoms with Gasteiger partial charge in [-0.15, -0.1) is 0 Å². The number of fused-ring (bicyclic) bond motifs is 1. The second-order valence-corrected chi connectivity index (χ2v) is 6.98. The van der Waals surface area contributed by atoms with Crippen molar-refractivity contribution in [1.82, 2.24) is 0 Å². The minimum Gasteiger partial charge on any atom is -0.465 e. The van der Waals surface area contributed by atoms with Crippen molar-refractivity contribution >= 4 is 23.2 Å². The Morgan fingerprint density at radius 3 is 2.73 bits per heavy atom. The molecule has 136 valence electrons. The van der Waals surface area contributed by atoms with E-state index in [2.05, 4.69) is 10.2 Å². The Morgan fingerprint density at radius 2 is 2.08 bits per heavy atom. The molecule has 2 aliphatic rings. The molecule has 1 atom stereocenters. The van der Waals surface area contributed by atoms with Gasteiger partial charge in [0.1, 0.15) is 11.5 Å². The quantitative estimate of drug-likeness (QED) is 0.884. The summed E-state index contributed by atoms with van der Waals surface area (Å²) in [6, 6.07) is 7.59. The highest BCUT2D eigenvalue weighted by Crippen LogP contribution is 2.41. The summed E-state index contributed by atoms with van der Waals surface area (Å²) in [5.74, 6) is 0.943. The molecule has 6 heteroatoms. The zero-order chi connectivity index (χ0) is 18.3. The molecule has 3 heterocycles. The molecule has 2 aliphatic heterocycles. The summed E-state index contributed by atoms with van der Waals surface area (Å²) in [6.07, 6.45) is 3.28. The Bertz CT molecular complexity index is 865. The van der Waals surface area contributed by atoms with Gasteiger partial charge in [0.25, 0.3) is 5.91 Å². The first-order valence-electron chi connectivity index (χ1n) is 9.18. The summed E-state index contributed by atoms with van der Waals surface area (Å²) < 4.78 is 5.90. The third-order valence-electron chi connectivity index (χ3n) is 5.29. The molecule has 0 bridgehead atoms. The largest absolute Gasteiger partial charge is 0.465 e. The highest BCUT2D eigenvalue weighted by molar-refractivity contribution is 6.02. The molecular weight excluding hydrogens is 330 g/mol. The van der Waals surface area contributed by atoms with Crippen LogP contribution in [0.2, 0.25) is 0 Å². The summed E-state index contributed by atoms with van der Waals surface area (Å²) in [5, 5.41) is 2.95. The second kappa shape index (κ2) is 6.52. The average molecular weight is 353 g/mol. The number of carbonyl (C=O) groups excluding carboxylic acids is 2. The van der Waals surface area contributed by atoms with Crippen LogP contribution in [0.25, 0.3) is 0 Å². The number of anilines is 2. The minimum atomic E-state index is -0.445. The van der Waals surface area contributed by atoms with E-state index in [1.165, 1.54) is 0 Å². The Morgan fingerprint density at radius 1 is 1.31 bits per heavy atom. The van der Waals surface area contributed by atoms with Crippen LogP contribution >= 0.6 is 0 Å². The molecule has 26 heavy (non-hydrogen) atoms. The lowest BCUT2D eigenvalue weighted by Gasteiger charge is -2.28. The number of carbonyl (C=O) groups is 2. The van der Waals surface area contributed by atoms with Crippen LogP contribution in [0.3, 0.4) is 0 Å². The predicted molar refractivity (Wildman–Crippen MR) is 99.6 cm³/mol. The van der Waals surface area contributed by atoms with Crippen molar-refractivity contribution in [2.24, 2.45) is 5.73 Å². The number of primary amides is 1. The molecule has 1 saturated heterocycles. The van der Waals surface area contributed by atoms with Crippen LogP contribution in [-0.4, -0.2) is 24.9 Å².